The molecule has 1 aromatic heterocycles. The maximum atomic E-state index is 11.9. The number of carbonyl (C=O) groups excluding carboxylic acids is 1. The van der Waals surface area contributed by atoms with Crippen molar-refractivity contribution < 1.29 is 19.6 Å². The molecule has 1 fully saturated rings. The molecule has 1 amide bonds. The van der Waals surface area contributed by atoms with Gasteiger partial charge in [0.2, 0.25) is 11.7 Å². The highest BCUT2D eigenvalue weighted by atomic mass is 16.6. The fourth-order valence-electron chi connectivity index (χ4n) is 2.18. The quantitative estimate of drug-likeness (QED) is 0.610. The van der Waals surface area contributed by atoms with E-state index in [1.807, 2.05) is 0 Å². The van der Waals surface area contributed by atoms with Gasteiger partial charge in [0.05, 0.1) is 10.5 Å². The molecule has 0 atom stereocenters. The van der Waals surface area contributed by atoms with Gasteiger partial charge in [-0.3, -0.25) is 14.9 Å². The Kier molecular flexibility index (Phi) is 3.50. The van der Waals surface area contributed by atoms with Crippen molar-refractivity contribution in [2.45, 2.75) is 19.4 Å². The smallest absolute Gasteiger partial charge is 0.337 e. The number of pyridine rings is 1. The molecule has 0 unspecified atom stereocenters. The van der Waals surface area contributed by atoms with Crippen molar-refractivity contribution in [3.63, 3.8) is 0 Å². The van der Waals surface area contributed by atoms with Gasteiger partial charge in [-0.05, 0) is 13.8 Å². The van der Waals surface area contributed by atoms with Crippen LogP contribution in [0.2, 0.25) is 0 Å². The molecule has 9 nitrogen and oxygen atoms in total. The van der Waals surface area contributed by atoms with Gasteiger partial charge in [0, 0.05) is 25.4 Å². The van der Waals surface area contributed by atoms with Crippen LogP contribution in [0.1, 0.15) is 24.2 Å². The summed E-state index contributed by atoms with van der Waals surface area (Å²) < 4.78 is 0. The SMILES string of the molecule is CC1(C)C(=O)NCCN1c1ncc(C(=O)O)cc1[N+](=O)[O-]. The molecule has 2 rings (SSSR count). The predicted molar refractivity (Wildman–Crippen MR) is 72.3 cm³/mol. The summed E-state index contributed by atoms with van der Waals surface area (Å²) in [4.78, 5) is 38.7. The number of piperazine rings is 1. The van der Waals surface area contributed by atoms with Gasteiger partial charge in [0.25, 0.3) is 0 Å². The minimum absolute atomic E-state index is 0.00940. The number of carboxylic acids is 1. The zero-order chi connectivity index (χ0) is 15.8. The lowest BCUT2D eigenvalue weighted by molar-refractivity contribution is -0.384. The van der Waals surface area contributed by atoms with Crippen molar-refractivity contribution in [3.8, 4) is 0 Å². The number of hydrogen-bond acceptors (Lipinski definition) is 6. The van der Waals surface area contributed by atoms with Gasteiger partial charge < -0.3 is 15.3 Å². The summed E-state index contributed by atoms with van der Waals surface area (Å²) in [7, 11) is 0. The normalized spacial score (nSPS) is 17.2. The number of carboxylic acid groups (broad SMARTS) is 1. The lowest BCUT2D eigenvalue weighted by Crippen LogP contribution is -2.62. The topological polar surface area (TPSA) is 126 Å². The molecule has 1 saturated heterocycles. The zero-order valence-electron chi connectivity index (χ0n) is 11.5. The van der Waals surface area contributed by atoms with Gasteiger partial charge in [-0.15, -0.1) is 0 Å². The average Bonchev–Trinajstić information content (AvgIpc) is 2.41. The molecule has 0 aromatic carbocycles. The predicted octanol–water partition coefficient (Wildman–Crippen LogP) is 0.403. The molecular formula is C12H14N4O5. The van der Waals surface area contributed by atoms with E-state index in [1.54, 1.807) is 13.8 Å². The van der Waals surface area contributed by atoms with Crippen LogP contribution >= 0.6 is 0 Å². The minimum Gasteiger partial charge on any atom is -0.478 e. The largest absolute Gasteiger partial charge is 0.478 e. The molecule has 1 aromatic rings. The maximum absolute atomic E-state index is 11.9. The first-order valence-electron chi connectivity index (χ1n) is 6.19. The third kappa shape index (κ3) is 2.49. The molecule has 1 aliphatic heterocycles. The Morgan fingerprint density at radius 2 is 2.24 bits per heavy atom. The van der Waals surface area contributed by atoms with Crippen molar-refractivity contribution >= 4 is 23.4 Å². The molecule has 21 heavy (non-hydrogen) atoms. The van der Waals surface area contributed by atoms with E-state index < -0.39 is 22.1 Å². The van der Waals surface area contributed by atoms with Crippen molar-refractivity contribution in [3.05, 3.63) is 27.9 Å². The lowest BCUT2D eigenvalue weighted by Gasteiger charge is -2.41. The number of anilines is 1. The Balaban J connectivity index is 2.55. The monoisotopic (exact) mass is 294 g/mol. The summed E-state index contributed by atoms with van der Waals surface area (Å²) in [6, 6.07) is 0.952. The van der Waals surface area contributed by atoms with E-state index in [0.29, 0.717) is 13.1 Å². The van der Waals surface area contributed by atoms with Crippen LogP contribution in [0.4, 0.5) is 11.5 Å². The molecule has 1 aliphatic rings. The lowest BCUT2D eigenvalue weighted by atomic mass is 9.98. The molecular weight excluding hydrogens is 280 g/mol. The summed E-state index contributed by atoms with van der Waals surface area (Å²) in [5.74, 6) is -1.58. The molecule has 0 radical (unpaired) electrons. The highest BCUT2D eigenvalue weighted by Crippen LogP contribution is 2.32. The van der Waals surface area contributed by atoms with E-state index in [0.717, 1.165) is 12.3 Å². The molecule has 0 spiro atoms. The third-order valence-electron chi connectivity index (χ3n) is 3.40. The van der Waals surface area contributed by atoms with Crippen molar-refractivity contribution in [2.24, 2.45) is 0 Å². The van der Waals surface area contributed by atoms with Crippen molar-refractivity contribution in [2.75, 3.05) is 18.0 Å². The van der Waals surface area contributed by atoms with Gasteiger partial charge in [-0.1, -0.05) is 0 Å². The van der Waals surface area contributed by atoms with Crippen LogP contribution in [0.15, 0.2) is 12.3 Å². The van der Waals surface area contributed by atoms with Gasteiger partial charge in [-0.25, -0.2) is 9.78 Å². The number of aromatic carboxylic acids is 1. The van der Waals surface area contributed by atoms with Gasteiger partial charge >= 0.3 is 11.7 Å². The first-order valence-corrected chi connectivity index (χ1v) is 6.19. The molecule has 112 valence electrons. The van der Waals surface area contributed by atoms with E-state index in [4.69, 9.17) is 5.11 Å². The number of nitrogens with one attached hydrogen (secondary N) is 1. The van der Waals surface area contributed by atoms with Crippen LogP contribution in [0, 0.1) is 10.1 Å². The third-order valence-corrected chi connectivity index (χ3v) is 3.40. The molecule has 2 N–H and O–H groups in total. The van der Waals surface area contributed by atoms with Crippen LogP contribution in [-0.2, 0) is 4.79 Å². The highest BCUT2D eigenvalue weighted by Gasteiger charge is 2.41. The number of amides is 1. The van der Waals surface area contributed by atoms with E-state index >= 15 is 0 Å². The first-order chi connectivity index (χ1) is 9.75. The second-order valence-electron chi connectivity index (χ2n) is 5.10. The minimum atomic E-state index is -1.30. The molecule has 0 bridgehead atoms. The van der Waals surface area contributed by atoms with Crippen LogP contribution in [0.25, 0.3) is 0 Å². The summed E-state index contributed by atoms with van der Waals surface area (Å²) in [5.41, 5.74) is -1.72. The van der Waals surface area contributed by atoms with Crippen LogP contribution in [0.5, 0.6) is 0 Å². The Morgan fingerprint density at radius 3 is 2.81 bits per heavy atom. The Labute approximate surface area is 119 Å². The van der Waals surface area contributed by atoms with Crippen LogP contribution < -0.4 is 10.2 Å². The summed E-state index contributed by atoms with van der Waals surface area (Å²) in [6.07, 6.45) is 1.05. The van der Waals surface area contributed by atoms with Crippen molar-refractivity contribution in [1.82, 2.24) is 10.3 Å². The molecule has 2 heterocycles. The number of nitrogens with zero attached hydrogens (tertiary/aromatic N) is 3. The summed E-state index contributed by atoms with van der Waals surface area (Å²) in [5, 5.41) is 22.8. The molecule has 0 saturated carbocycles. The highest BCUT2D eigenvalue weighted by molar-refractivity contribution is 5.92. The number of carbonyl (C=O) groups is 2. The first kappa shape index (κ1) is 14.7. The molecule has 0 aliphatic carbocycles. The zero-order valence-corrected chi connectivity index (χ0v) is 11.5. The fourth-order valence-corrected chi connectivity index (χ4v) is 2.18. The Morgan fingerprint density at radius 1 is 1.57 bits per heavy atom. The number of hydrogen-bond donors (Lipinski definition) is 2. The number of nitro groups is 1. The maximum Gasteiger partial charge on any atom is 0.337 e. The Bertz CT molecular complexity index is 628. The summed E-state index contributed by atoms with van der Waals surface area (Å²) in [6.45, 7) is 3.93. The number of rotatable bonds is 3. The Hall–Kier alpha value is -2.71. The van der Waals surface area contributed by atoms with Crippen LogP contribution in [-0.4, -0.2) is 45.5 Å². The standard InChI is InChI=1S/C12H14N4O5/c1-12(2)11(19)13-3-4-15(12)9-8(16(20)21)5-7(6-14-9)10(17)18/h5-6H,3-4H2,1-2H3,(H,13,19)(H,17,18). The fraction of sp³-hybridized carbons (Fsp3) is 0.417. The van der Waals surface area contributed by atoms with E-state index in [2.05, 4.69) is 10.3 Å². The van der Waals surface area contributed by atoms with Gasteiger partial charge in [0.1, 0.15) is 5.54 Å². The summed E-state index contributed by atoms with van der Waals surface area (Å²) >= 11 is 0. The van der Waals surface area contributed by atoms with Crippen molar-refractivity contribution in [1.29, 1.82) is 0 Å². The van der Waals surface area contributed by atoms with E-state index in [9.17, 15) is 19.7 Å². The second-order valence-corrected chi connectivity index (χ2v) is 5.10. The second kappa shape index (κ2) is 5.00. The van der Waals surface area contributed by atoms with Crippen LogP contribution in [0.3, 0.4) is 0 Å². The van der Waals surface area contributed by atoms with E-state index in [1.165, 1.54) is 4.90 Å². The molecule has 9 heteroatoms. The van der Waals surface area contributed by atoms with Gasteiger partial charge in [0.15, 0.2) is 0 Å². The average molecular weight is 294 g/mol. The van der Waals surface area contributed by atoms with Gasteiger partial charge in [-0.2, -0.15) is 0 Å². The number of aromatic nitrogens is 1. The van der Waals surface area contributed by atoms with E-state index in [-0.39, 0.29) is 17.3 Å².